The third-order valence-electron chi connectivity index (χ3n) is 0.891. The first-order valence-electron chi connectivity index (χ1n) is 2.83. The summed E-state index contributed by atoms with van der Waals surface area (Å²) in [4.78, 5) is 3.97. The quantitative estimate of drug-likeness (QED) is 0.427. The smallest absolute Gasteiger partial charge is 0.359 e. The van der Waals surface area contributed by atoms with E-state index in [0.29, 0.717) is 0 Å². The molecule has 0 aromatic rings. The van der Waals surface area contributed by atoms with Gasteiger partial charge in [-0.1, -0.05) is 6.58 Å². The molecule has 0 bridgehead atoms. The molecule has 0 heterocycles. The maximum atomic E-state index is 11.9. The molecule has 0 rings (SSSR count). The van der Waals surface area contributed by atoms with Crippen molar-refractivity contribution in [3.63, 3.8) is 0 Å². The topological polar surface area (TPSA) is 15.6 Å². The molecule has 0 saturated carbocycles. The molecule has 11 heavy (non-hydrogen) atoms. The standard InChI is InChI=1S/C6H9F3N2/c1-4-10-5(11(2)3)6(7,8)9/h4H,1H2,2-3H3/b10-5-. The number of hydrogen-bond donors (Lipinski definition) is 0. The SMILES string of the molecule is C=C/N=C(\N(C)C)C(F)(F)F. The Labute approximate surface area is 63.0 Å². The number of alkyl halides is 3. The lowest BCUT2D eigenvalue weighted by atomic mass is 10.5. The first-order valence-corrected chi connectivity index (χ1v) is 2.83. The Bertz CT molecular complexity index is 169. The number of rotatable bonds is 1. The highest BCUT2D eigenvalue weighted by Crippen LogP contribution is 2.18. The van der Waals surface area contributed by atoms with Crippen molar-refractivity contribution >= 4 is 5.84 Å². The number of amidine groups is 1. The number of hydrogen-bond acceptors (Lipinski definition) is 1. The Kier molecular flexibility index (Phi) is 3.10. The second kappa shape index (κ2) is 3.41. The van der Waals surface area contributed by atoms with Crippen molar-refractivity contribution < 1.29 is 13.2 Å². The van der Waals surface area contributed by atoms with Crippen molar-refractivity contribution in [2.45, 2.75) is 6.18 Å². The summed E-state index contributed by atoms with van der Waals surface area (Å²) in [6.45, 7) is 3.08. The Morgan fingerprint density at radius 2 is 1.91 bits per heavy atom. The molecule has 0 spiro atoms. The largest absolute Gasteiger partial charge is 0.449 e. The summed E-state index contributed by atoms with van der Waals surface area (Å²) in [5.41, 5.74) is 0. The molecule has 5 heteroatoms. The molecule has 0 aliphatic rings. The van der Waals surface area contributed by atoms with Gasteiger partial charge in [-0.05, 0) is 0 Å². The van der Waals surface area contributed by atoms with E-state index in [0.717, 1.165) is 11.1 Å². The fraction of sp³-hybridized carbons (Fsp3) is 0.500. The summed E-state index contributed by atoms with van der Waals surface area (Å²) in [7, 11) is 2.55. The van der Waals surface area contributed by atoms with Gasteiger partial charge in [0.15, 0.2) is 0 Å². The first kappa shape index (κ1) is 10.0. The third kappa shape index (κ3) is 3.06. The average Bonchev–Trinajstić information content (AvgIpc) is 1.79. The molecule has 0 aromatic carbocycles. The van der Waals surface area contributed by atoms with Crippen molar-refractivity contribution in [1.82, 2.24) is 4.90 Å². The van der Waals surface area contributed by atoms with Crippen LogP contribution in [0.3, 0.4) is 0 Å². The molecular weight excluding hydrogens is 157 g/mol. The molecule has 0 unspecified atom stereocenters. The predicted octanol–water partition coefficient (Wildman–Crippen LogP) is 1.65. The van der Waals surface area contributed by atoms with Crippen molar-refractivity contribution in [3.05, 3.63) is 12.8 Å². The lowest BCUT2D eigenvalue weighted by Crippen LogP contribution is -2.35. The van der Waals surface area contributed by atoms with Crippen LogP contribution >= 0.6 is 0 Å². The van der Waals surface area contributed by atoms with Gasteiger partial charge in [0.2, 0.25) is 5.84 Å². The van der Waals surface area contributed by atoms with Crippen molar-refractivity contribution in [2.75, 3.05) is 14.1 Å². The van der Waals surface area contributed by atoms with Crippen LogP contribution in [0.15, 0.2) is 17.8 Å². The normalized spacial score (nSPS) is 13.0. The maximum Gasteiger partial charge on any atom is 0.449 e. The van der Waals surface area contributed by atoms with Gasteiger partial charge in [-0.2, -0.15) is 13.2 Å². The van der Waals surface area contributed by atoms with Gasteiger partial charge in [-0.25, -0.2) is 4.99 Å². The molecule has 64 valence electrons. The number of aliphatic imine (C=N–C) groups is 1. The average molecular weight is 166 g/mol. The van der Waals surface area contributed by atoms with E-state index in [4.69, 9.17) is 0 Å². The van der Waals surface area contributed by atoms with E-state index in [-0.39, 0.29) is 0 Å². The fourth-order valence-electron chi connectivity index (χ4n) is 0.529. The highest BCUT2D eigenvalue weighted by molar-refractivity contribution is 5.87. The zero-order valence-electron chi connectivity index (χ0n) is 6.31. The summed E-state index contributed by atoms with van der Waals surface area (Å²) in [5, 5.41) is 0. The number of halogens is 3. The zero-order valence-corrected chi connectivity index (χ0v) is 6.31. The second-order valence-electron chi connectivity index (χ2n) is 2.03. The van der Waals surface area contributed by atoms with Gasteiger partial charge >= 0.3 is 6.18 Å². The highest BCUT2D eigenvalue weighted by Gasteiger charge is 2.37. The third-order valence-corrected chi connectivity index (χ3v) is 0.891. The molecule has 0 amide bonds. The van der Waals surface area contributed by atoms with E-state index in [2.05, 4.69) is 11.6 Å². The van der Waals surface area contributed by atoms with E-state index >= 15 is 0 Å². The van der Waals surface area contributed by atoms with Crippen LogP contribution in [0, 0.1) is 0 Å². The van der Waals surface area contributed by atoms with E-state index in [1.54, 1.807) is 0 Å². The number of nitrogens with zero attached hydrogens (tertiary/aromatic N) is 2. The lowest BCUT2D eigenvalue weighted by Gasteiger charge is -2.16. The summed E-state index contributed by atoms with van der Waals surface area (Å²) >= 11 is 0. The Morgan fingerprint density at radius 3 is 2.00 bits per heavy atom. The highest BCUT2D eigenvalue weighted by atomic mass is 19.4. The van der Waals surface area contributed by atoms with Crippen LogP contribution < -0.4 is 0 Å². The van der Waals surface area contributed by atoms with E-state index in [1.165, 1.54) is 14.1 Å². The van der Waals surface area contributed by atoms with Crippen molar-refractivity contribution in [2.24, 2.45) is 4.99 Å². The summed E-state index contributed by atoms with van der Waals surface area (Å²) in [6.07, 6.45) is -3.54. The van der Waals surface area contributed by atoms with Gasteiger partial charge in [-0.3, -0.25) is 0 Å². The summed E-state index contributed by atoms with van der Waals surface area (Å²) in [6, 6.07) is 0. The van der Waals surface area contributed by atoms with E-state index in [1.807, 2.05) is 0 Å². The van der Waals surface area contributed by atoms with Gasteiger partial charge in [-0.15, -0.1) is 0 Å². The minimum absolute atomic E-state index is 0.864. The summed E-state index contributed by atoms with van der Waals surface area (Å²) < 4.78 is 35.8. The Hall–Kier alpha value is -1.00. The zero-order chi connectivity index (χ0) is 9.07. The van der Waals surface area contributed by atoms with Gasteiger partial charge in [0.1, 0.15) is 0 Å². The predicted molar refractivity (Wildman–Crippen MR) is 37.4 cm³/mol. The molecule has 0 aliphatic carbocycles. The molecule has 0 atom stereocenters. The van der Waals surface area contributed by atoms with E-state index < -0.39 is 12.0 Å². The minimum atomic E-state index is -4.41. The molecule has 0 aromatic heterocycles. The van der Waals surface area contributed by atoms with Crippen LogP contribution in [0.25, 0.3) is 0 Å². The molecule has 0 saturated heterocycles. The van der Waals surface area contributed by atoms with Gasteiger partial charge in [0.05, 0.1) is 0 Å². The van der Waals surface area contributed by atoms with Crippen molar-refractivity contribution in [3.8, 4) is 0 Å². The maximum absolute atomic E-state index is 11.9. The molecule has 2 nitrogen and oxygen atoms in total. The van der Waals surface area contributed by atoms with Gasteiger partial charge in [0, 0.05) is 20.3 Å². The van der Waals surface area contributed by atoms with Crippen LogP contribution in [-0.2, 0) is 0 Å². The van der Waals surface area contributed by atoms with Gasteiger partial charge in [0.25, 0.3) is 0 Å². The van der Waals surface area contributed by atoms with Crippen LogP contribution in [0.2, 0.25) is 0 Å². The van der Waals surface area contributed by atoms with Crippen LogP contribution in [0.5, 0.6) is 0 Å². The molecule has 0 fully saturated rings. The molecular formula is C6H9F3N2. The molecule has 0 N–H and O–H groups in total. The van der Waals surface area contributed by atoms with Crippen LogP contribution in [0.4, 0.5) is 13.2 Å². The fourth-order valence-corrected chi connectivity index (χ4v) is 0.529. The van der Waals surface area contributed by atoms with Gasteiger partial charge < -0.3 is 4.90 Å². The monoisotopic (exact) mass is 166 g/mol. The first-order chi connectivity index (χ1) is 4.89. The summed E-state index contributed by atoms with van der Waals surface area (Å²) in [5.74, 6) is -0.951. The van der Waals surface area contributed by atoms with Crippen molar-refractivity contribution in [1.29, 1.82) is 0 Å². The molecule has 0 aliphatic heterocycles. The minimum Gasteiger partial charge on any atom is -0.359 e. The molecule has 0 radical (unpaired) electrons. The lowest BCUT2D eigenvalue weighted by molar-refractivity contribution is -0.0667. The Morgan fingerprint density at radius 1 is 1.45 bits per heavy atom. The Balaban J connectivity index is 4.62. The second-order valence-corrected chi connectivity index (χ2v) is 2.03. The van der Waals surface area contributed by atoms with Crippen LogP contribution in [0.1, 0.15) is 0 Å². The van der Waals surface area contributed by atoms with Crippen LogP contribution in [-0.4, -0.2) is 31.0 Å². The van der Waals surface area contributed by atoms with E-state index in [9.17, 15) is 13.2 Å².